The van der Waals surface area contributed by atoms with Gasteiger partial charge in [0.1, 0.15) is 5.82 Å². The molecule has 5 heteroatoms. The standard InChI is InChI=1S/C25H33N3O2/c1-18-7-6-8-19(17-18)23-12-11-22(24(27-23)28-15-13-21(29)14-16-28)25(30)26-20-9-4-2-3-5-10-20/h6-8,11-12,17,20-21,29H,2-5,9-10,13-16H2,1H3,(H,26,30). The molecule has 1 amide bonds. The van der Waals surface area contributed by atoms with E-state index in [9.17, 15) is 9.90 Å². The van der Waals surface area contributed by atoms with Gasteiger partial charge in [-0.3, -0.25) is 4.79 Å². The predicted octanol–water partition coefficient (Wildman–Crippen LogP) is 4.47. The molecule has 1 saturated carbocycles. The molecule has 1 aromatic heterocycles. The highest BCUT2D eigenvalue weighted by Crippen LogP contribution is 2.28. The van der Waals surface area contributed by atoms with E-state index in [0.29, 0.717) is 18.4 Å². The molecule has 1 saturated heterocycles. The molecule has 4 rings (SSSR count). The lowest BCUT2D eigenvalue weighted by Gasteiger charge is -2.32. The van der Waals surface area contributed by atoms with E-state index in [-0.39, 0.29) is 18.1 Å². The third-order valence-electron chi connectivity index (χ3n) is 6.39. The Balaban J connectivity index is 1.63. The number of piperidine rings is 1. The summed E-state index contributed by atoms with van der Waals surface area (Å²) in [4.78, 5) is 20.3. The van der Waals surface area contributed by atoms with Crippen LogP contribution < -0.4 is 10.2 Å². The Morgan fingerprint density at radius 1 is 1.03 bits per heavy atom. The SMILES string of the molecule is Cc1cccc(-c2ccc(C(=O)NC3CCCCCC3)c(N3CCC(O)CC3)n2)c1. The number of pyridine rings is 1. The number of aliphatic hydroxyl groups is 1. The van der Waals surface area contributed by atoms with Crippen molar-refractivity contribution in [2.75, 3.05) is 18.0 Å². The van der Waals surface area contributed by atoms with Crippen LogP contribution in [0, 0.1) is 6.92 Å². The largest absolute Gasteiger partial charge is 0.393 e. The number of benzene rings is 1. The Bertz CT molecular complexity index is 866. The van der Waals surface area contributed by atoms with Crippen LogP contribution in [-0.4, -0.2) is 41.2 Å². The first-order valence-electron chi connectivity index (χ1n) is 11.4. The van der Waals surface area contributed by atoms with Crippen molar-refractivity contribution in [3.05, 3.63) is 47.5 Å². The zero-order chi connectivity index (χ0) is 20.9. The van der Waals surface area contributed by atoms with Crippen LogP contribution in [0.4, 0.5) is 5.82 Å². The first-order chi connectivity index (χ1) is 14.6. The van der Waals surface area contributed by atoms with Crippen molar-refractivity contribution in [3.63, 3.8) is 0 Å². The molecule has 1 aliphatic carbocycles. The van der Waals surface area contributed by atoms with Gasteiger partial charge in [0.25, 0.3) is 5.91 Å². The van der Waals surface area contributed by atoms with E-state index in [1.54, 1.807) is 0 Å². The number of aryl methyl sites for hydroxylation is 1. The van der Waals surface area contributed by atoms with Crippen LogP contribution in [0.3, 0.4) is 0 Å². The molecule has 2 N–H and O–H groups in total. The van der Waals surface area contributed by atoms with Crippen molar-refractivity contribution < 1.29 is 9.90 Å². The summed E-state index contributed by atoms with van der Waals surface area (Å²) in [6, 6.07) is 12.4. The molecular weight excluding hydrogens is 374 g/mol. The molecule has 0 bridgehead atoms. The fraction of sp³-hybridized carbons (Fsp3) is 0.520. The molecular formula is C25H33N3O2. The van der Waals surface area contributed by atoms with Crippen LogP contribution in [0.5, 0.6) is 0 Å². The first kappa shape index (κ1) is 20.9. The van der Waals surface area contributed by atoms with E-state index >= 15 is 0 Å². The number of aliphatic hydroxyl groups excluding tert-OH is 1. The average Bonchev–Trinajstić information content (AvgIpc) is 3.02. The third kappa shape index (κ3) is 5.01. The lowest BCUT2D eigenvalue weighted by Crippen LogP contribution is -2.39. The fourth-order valence-corrected chi connectivity index (χ4v) is 4.60. The van der Waals surface area contributed by atoms with Gasteiger partial charge in [-0.15, -0.1) is 0 Å². The average molecular weight is 408 g/mol. The maximum Gasteiger partial charge on any atom is 0.255 e. The van der Waals surface area contributed by atoms with Crippen LogP contribution in [0.15, 0.2) is 36.4 Å². The van der Waals surface area contributed by atoms with E-state index in [1.807, 2.05) is 18.2 Å². The maximum atomic E-state index is 13.2. The quantitative estimate of drug-likeness (QED) is 0.734. The van der Waals surface area contributed by atoms with Gasteiger partial charge < -0.3 is 15.3 Å². The van der Waals surface area contributed by atoms with E-state index in [0.717, 1.165) is 43.0 Å². The number of amides is 1. The topological polar surface area (TPSA) is 65.5 Å². The molecule has 0 radical (unpaired) electrons. The minimum absolute atomic E-state index is 0.0219. The molecule has 30 heavy (non-hydrogen) atoms. The Labute approximate surface area is 179 Å². The molecule has 1 aliphatic heterocycles. The highest BCUT2D eigenvalue weighted by atomic mass is 16.3. The van der Waals surface area contributed by atoms with Crippen molar-refractivity contribution in [2.45, 2.75) is 70.4 Å². The van der Waals surface area contributed by atoms with E-state index in [4.69, 9.17) is 4.98 Å². The summed E-state index contributed by atoms with van der Waals surface area (Å²) in [5, 5.41) is 13.2. The van der Waals surface area contributed by atoms with Crippen molar-refractivity contribution >= 4 is 11.7 Å². The number of nitrogens with one attached hydrogen (secondary N) is 1. The molecule has 0 spiro atoms. The van der Waals surface area contributed by atoms with Crippen LogP contribution >= 0.6 is 0 Å². The molecule has 2 fully saturated rings. The van der Waals surface area contributed by atoms with E-state index in [2.05, 4.69) is 35.3 Å². The summed E-state index contributed by atoms with van der Waals surface area (Å²) in [6.07, 6.45) is 8.18. The normalized spacial score (nSPS) is 18.8. The van der Waals surface area contributed by atoms with Crippen molar-refractivity contribution in [1.82, 2.24) is 10.3 Å². The summed E-state index contributed by atoms with van der Waals surface area (Å²) in [5.74, 6) is 0.721. The number of carbonyl (C=O) groups excluding carboxylic acids is 1. The Kier molecular flexibility index (Phi) is 6.68. The smallest absolute Gasteiger partial charge is 0.255 e. The van der Waals surface area contributed by atoms with Crippen molar-refractivity contribution in [3.8, 4) is 11.3 Å². The fourth-order valence-electron chi connectivity index (χ4n) is 4.60. The van der Waals surface area contributed by atoms with Gasteiger partial charge in [-0.1, -0.05) is 49.4 Å². The molecule has 2 heterocycles. The number of aromatic nitrogens is 1. The lowest BCUT2D eigenvalue weighted by atomic mass is 10.0. The van der Waals surface area contributed by atoms with Gasteiger partial charge >= 0.3 is 0 Å². The van der Waals surface area contributed by atoms with Gasteiger partial charge in [0.2, 0.25) is 0 Å². The number of hydrogen-bond donors (Lipinski definition) is 2. The molecule has 2 aromatic rings. The van der Waals surface area contributed by atoms with E-state index in [1.165, 1.54) is 31.2 Å². The Morgan fingerprint density at radius 2 is 1.77 bits per heavy atom. The summed E-state index contributed by atoms with van der Waals surface area (Å²) < 4.78 is 0. The van der Waals surface area contributed by atoms with Gasteiger partial charge in [0.15, 0.2) is 0 Å². The maximum absolute atomic E-state index is 13.2. The highest BCUT2D eigenvalue weighted by molar-refractivity contribution is 5.99. The van der Waals surface area contributed by atoms with E-state index < -0.39 is 0 Å². The minimum Gasteiger partial charge on any atom is -0.393 e. The zero-order valence-electron chi connectivity index (χ0n) is 17.9. The van der Waals surface area contributed by atoms with Gasteiger partial charge in [0, 0.05) is 24.7 Å². The minimum atomic E-state index is -0.260. The monoisotopic (exact) mass is 407 g/mol. The number of rotatable bonds is 4. The Hall–Kier alpha value is -2.40. The van der Waals surface area contributed by atoms with Gasteiger partial charge in [0.05, 0.1) is 17.4 Å². The van der Waals surface area contributed by atoms with Crippen LogP contribution in [0.25, 0.3) is 11.3 Å². The van der Waals surface area contributed by atoms with Crippen LogP contribution in [0.2, 0.25) is 0 Å². The van der Waals surface area contributed by atoms with Crippen molar-refractivity contribution in [1.29, 1.82) is 0 Å². The summed E-state index contributed by atoms with van der Waals surface area (Å²) in [7, 11) is 0. The number of hydrogen-bond acceptors (Lipinski definition) is 4. The van der Waals surface area contributed by atoms with Gasteiger partial charge in [-0.25, -0.2) is 4.98 Å². The number of anilines is 1. The molecule has 0 unspecified atom stereocenters. The third-order valence-corrected chi connectivity index (χ3v) is 6.39. The van der Waals surface area contributed by atoms with Gasteiger partial charge in [-0.05, 0) is 50.8 Å². The first-order valence-corrected chi connectivity index (χ1v) is 11.4. The predicted molar refractivity (Wildman–Crippen MR) is 121 cm³/mol. The van der Waals surface area contributed by atoms with Crippen LogP contribution in [-0.2, 0) is 0 Å². The molecule has 1 aromatic carbocycles. The molecule has 0 atom stereocenters. The van der Waals surface area contributed by atoms with Crippen molar-refractivity contribution in [2.24, 2.45) is 0 Å². The number of carbonyl (C=O) groups is 1. The second-order valence-corrected chi connectivity index (χ2v) is 8.82. The molecule has 160 valence electrons. The lowest BCUT2D eigenvalue weighted by molar-refractivity contribution is 0.0933. The summed E-state index contributed by atoms with van der Waals surface area (Å²) in [5.41, 5.74) is 3.77. The zero-order valence-corrected chi connectivity index (χ0v) is 17.9. The van der Waals surface area contributed by atoms with Gasteiger partial charge in [-0.2, -0.15) is 0 Å². The summed E-state index contributed by atoms with van der Waals surface area (Å²) in [6.45, 7) is 3.51. The Morgan fingerprint density at radius 3 is 2.47 bits per heavy atom. The highest BCUT2D eigenvalue weighted by Gasteiger charge is 2.25. The molecule has 5 nitrogen and oxygen atoms in total. The van der Waals surface area contributed by atoms with Crippen LogP contribution in [0.1, 0.15) is 67.3 Å². The summed E-state index contributed by atoms with van der Waals surface area (Å²) >= 11 is 0. The second kappa shape index (κ2) is 9.61. The molecule has 2 aliphatic rings. The second-order valence-electron chi connectivity index (χ2n) is 8.82. The number of nitrogens with zero attached hydrogens (tertiary/aromatic N) is 2.